The molecule has 0 heterocycles. The number of esters is 1. The second-order valence-electron chi connectivity index (χ2n) is 3.06. The van der Waals surface area contributed by atoms with Crippen LogP contribution in [0.15, 0.2) is 18.2 Å². The molecule has 88 valence electrons. The topological polar surface area (TPSA) is 35.5 Å². The number of ether oxygens (including phenoxy) is 2. The van der Waals surface area contributed by atoms with Gasteiger partial charge in [0.05, 0.1) is 10.2 Å². The molecule has 5 heteroatoms. The molecule has 0 bridgehead atoms. The molecule has 1 aromatic rings. The molecule has 0 aliphatic rings. The van der Waals surface area contributed by atoms with Gasteiger partial charge in [-0.15, -0.1) is 0 Å². The van der Waals surface area contributed by atoms with Crippen LogP contribution in [0.25, 0.3) is 0 Å². The molecule has 0 amide bonds. The number of hydrogen-bond acceptors (Lipinski definition) is 3. The van der Waals surface area contributed by atoms with Gasteiger partial charge in [-0.2, -0.15) is 0 Å². The van der Waals surface area contributed by atoms with Crippen LogP contribution >= 0.6 is 22.6 Å². The van der Waals surface area contributed by atoms with Gasteiger partial charge in [0.2, 0.25) is 0 Å². The highest BCUT2D eigenvalue weighted by Crippen LogP contribution is 2.24. The van der Waals surface area contributed by atoms with Crippen molar-refractivity contribution in [3.63, 3.8) is 0 Å². The maximum atomic E-state index is 13.2. The molecule has 1 rings (SSSR count). The van der Waals surface area contributed by atoms with Gasteiger partial charge in [-0.3, -0.25) is 0 Å². The van der Waals surface area contributed by atoms with E-state index < -0.39 is 12.1 Å². The zero-order valence-electron chi connectivity index (χ0n) is 9.00. The lowest BCUT2D eigenvalue weighted by Crippen LogP contribution is -2.26. The normalized spacial score (nSPS) is 12.0. The van der Waals surface area contributed by atoms with Crippen LogP contribution in [0, 0.1) is 9.39 Å². The van der Waals surface area contributed by atoms with E-state index in [4.69, 9.17) is 9.47 Å². The zero-order valence-corrected chi connectivity index (χ0v) is 11.2. The minimum Gasteiger partial charge on any atom is -0.478 e. The summed E-state index contributed by atoms with van der Waals surface area (Å²) in [5, 5.41) is 0. The lowest BCUT2D eigenvalue weighted by atomic mass is 10.3. The number of halogens is 2. The van der Waals surface area contributed by atoms with Crippen LogP contribution in [0.5, 0.6) is 5.75 Å². The largest absolute Gasteiger partial charge is 0.478 e. The minimum absolute atomic E-state index is 0.298. The first-order valence-electron chi connectivity index (χ1n) is 4.83. The quantitative estimate of drug-likeness (QED) is 0.626. The predicted octanol–water partition coefficient (Wildman–Crippen LogP) is 2.76. The molecule has 0 saturated heterocycles. The Kier molecular flexibility index (Phi) is 4.98. The monoisotopic (exact) mass is 338 g/mol. The third-order valence-corrected chi connectivity index (χ3v) is 2.89. The number of carbonyl (C=O) groups is 1. The van der Waals surface area contributed by atoms with Crippen molar-refractivity contribution < 1.29 is 18.7 Å². The van der Waals surface area contributed by atoms with Gasteiger partial charge in [0.15, 0.2) is 6.10 Å². The van der Waals surface area contributed by atoms with Crippen molar-refractivity contribution in [2.24, 2.45) is 0 Å². The molecule has 0 spiro atoms. The number of hydrogen-bond donors (Lipinski definition) is 0. The molecule has 16 heavy (non-hydrogen) atoms. The fourth-order valence-electron chi connectivity index (χ4n) is 1.07. The van der Waals surface area contributed by atoms with E-state index in [2.05, 4.69) is 0 Å². The third-order valence-electron chi connectivity index (χ3n) is 1.84. The highest BCUT2D eigenvalue weighted by Gasteiger charge is 2.17. The van der Waals surface area contributed by atoms with Crippen molar-refractivity contribution >= 4 is 28.6 Å². The molecule has 0 aromatic heterocycles. The molecule has 0 radical (unpaired) electrons. The van der Waals surface area contributed by atoms with Gasteiger partial charge in [0.25, 0.3) is 0 Å². The lowest BCUT2D eigenvalue weighted by molar-refractivity contribution is -0.150. The van der Waals surface area contributed by atoms with Crippen molar-refractivity contribution in [2.75, 3.05) is 6.61 Å². The summed E-state index contributed by atoms with van der Waals surface area (Å²) in [6.45, 7) is 3.59. The highest BCUT2D eigenvalue weighted by molar-refractivity contribution is 14.1. The molecule has 0 saturated carbocycles. The van der Waals surface area contributed by atoms with Crippen molar-refractivity contribution in [3.8, 4) is 5.75 Å². The van der Waals surface area contributed by atoms with E-state index in [1.54, 1.807) is 19.9 Å². The smallest absolute Gasteiger partial charge is 0.347 e. The first-order chi connectivity index (χ1) is 7.56. The fraction of sp³-hybridized carbons (Fsp3) is 0.364. The Bertz CT molecular complexity index is 381. The molecule has 0 aliphatic heterocycles. The average molecular weight is 338 g/mol. The maximum absolute atomic E-state index is 13.2. The molecule has 0 fully saturated rings. The molecule has 1 aromatic carbocycles. The third kappa shape index (κ3) is 3.33. The van der Waals surface area contributed by atoms with Gasteiger partial charge in [-0.25, -0.2) is 9.18 Å². The van der Waals surface area contributed by atoms with Crippen LogP contribution in [0.2, 0.25) is 0 Å². The number of rotatable bonds is 4. The first kappa shape index (κ1) is 13.2. The average Bonchev–Trinajstić information content (AvgIpc) is 2.25. The van der Waals surface area contributed by atoms with Crippen LogP contribution < -0.4 is 4.74 Å². The van der Waals surface area contributed by atoms with Crippen LogP contribution in [-0.4, -0.2) is 18.7 Å². The van der Waals surface area contributed by atoms with Gasteiger partial charge < -0.3 is 9.47 Å². The SMILES string of the molecule is CCOC(=O)[C@@H](C)Oc1cccc(F)c1I. The molecule has 1 atom stereocenters. The summed E-state index contributed by atoms with van der Waals surface area (Å²) in [5.74, 6) is -0.474. The minimum atomic E-state index is -0.740. The summed E-state index contributed by atoms with van der Waals surface area (Å²) in [6, 6.07) is 4.48. The second-order valence-corrected chi connectivity index (χ2v) is 4.14. The van der Waals surface area contributed by atoms with E-state index in [0.717, 1.165) is 0 Å². The predicted molar refractivity (Wildman–Crippen MR) is 65.8 cm³/mol. The van der Waals surface area contributed by atoms with Crippen LogP contribution in [0.4, 0.5) is 4.39 Å². The van der Waals surface area contributed by atoms with Crippen LogP contribution in [-0.2, 0) is 9.53 Å². The van der Waals surface area contributed by atoms with Gasteiger partial charge in [-0.1, -0.05) is 6.07 Å². The van der Waals surface area contributed by atoms with Gasteiger partial charge in [0.1, 0.15) is 11.6 Å². The maximum Gasteiger partial charge on any atom is 0.347 e. The van der Waals surface area contributed by atoms with Crippen molar-refractivity contribution in [1.29, 1.82) is 0 Å². The Morgan fingerprint density at radius 2 is 2.25 bits per heavy atom. The Morgan fingerprint density at radius 1 is 1.56 bits per heavy atom. The van der Waals surface area contributed by atoms with E-state index >= 15 is 0 Å². The summed E-state index contributed by atoms with van der Waals surface area (Å²) in [6.07, 6.45) is -0.740. The summed E-state index contributed by atoms with van der Waals surface area (Å²) in [7, 11) is 0. The van der Waals surface area contributed by atoms with Crippen LogP contribution in [0.1, 0.15) is 13.8 Å². The van der Waals surface area contributed by atoms with Gasteiger partial charge in [0, 0.05) is 0 Å². The zero-order chi connectivity index (χ0) is 12.1. The fourth-order valence-corrected chi connectivity index (χ4v) is 1.56. The van der Waals surface area contributed by atoms with Crippen LogP contribution in [0.3, 0.4) is 0 Å². The summed E-state index contributed by atoms with van der Waals surface area (Å²) < 4.78 is 23.6. The van der Waals surface area contributed by atoms with E-state index in [1.165, 1.54) is 12.1 Å². The summed E-state index contributed by atoms with van der Waals surface area (Å²) in [4.78, 5) is 11.3. The van der Waals surface area contributed by atoms with Gasteiger partial charge >= 0.3 is 5.97 Å². The summed E-state index contributed by atoms with van der Waals surface area (Å²) >= 11 is 1.83. The van der Waals surface area contributed by atoms with E-state index in [-0.39, 0.29) is 5.82 Å². The van der Waals surface area contributed by atoms with E-state index in [0.29, 0.717) is 15.9 Å². The standard InChI is InChI=1S/C11H12FIO3/c1-3-15-11(14)7(2)16-9-6-4-5-8(12)10(9)13/h4-7H,3H2,1-2H3/t7-/m1/s1. The van der Waals surface area contributed by atoms with Crippen molar-refractivity contribution in [3.05, 3.63) is 27.6 Å². The van der Waals surface area contributed by atoms with Gasteiger partial charge in [-0.05, 0) is 48.6 Å². The highest BCUT2D eigenvalue weighted by atomic mass is 127. The molecule has 0 aliphatic carbocycles. The lowest BCUT2D eigenvalue weighted by Gasteiger charge is -2.14. The summed E-state index contributed by atoms with van der Waals surface area (Å²) in [5.41, 5.74) is 0. The Labute approximate surface area is 107 Å². The molecular formula is C11H12FIO3. The Balaban J connectivity index is 2.73. The first-order valence-corrected chi connectivity index (χ1v) is 5.91. The Morgan fingerprint density at radius 3 is 2.88 bits per heavy atom. The molecule has 3 nitrogen and oxygen atoms in total. The number of benzene rings is 1. The second kappa shape index (κ2) is 6.03. The molecule has 0 N–H and O–H groups in total. The molecular weight excluding hydrogens is 326 g/mol. The van der Waals surface area contributed by atoms with Crippen molar-refractivity contribution in [1.82, 2.24) is 0 Å². The van der Waals surface area contributed by atoms with E-state index in [9.17, 15) is 9.18 Å². The molecule has 0 unspecified atom stereocenters. The van der Waals surface area contributed by atoms with E-state index in [1.807, 2.05) is 22.6 Å². The Hall–Kier alpha value is -0.850. The number of carbonyl (C=O) groups excluding carboxylic acids is 1. The van der Waals surface area contributed by atoms with Crippen molar-refractivity contribution in [2.45, 2.75) is 20.0 Å².